The lowest BCUT2D eigenvalue weighted by atomic mass is 9.98. The quantitative estimate of drug-likeness (QED) is 0.386. The fraction of sp³-hybridized carbons (Fsp3) is 0.182. The number of aromatic nitrogens is 1. The van der Waals surface area contributed by atoms with E-state index in [1.807, 2.05) is 23.6 Å². The smallest absolute Gasteiger partial charge is 0.265 e. The summed E-state index contributed by atoms with van der Waals surface area (Å²) in [5.74, 6) is 0.781. The molecule has 0 aliphatic carbocycles. The number of anilines is 1. The Morgan fingerprint density at radius 2 is 2.11 bits per heavy atom. The molecule has 4 nitrogen and oxygen atoms in total. The summed E-state index contributed by atoms with van der Waals surface area (Å²) < 4.78 is 5.93. The van der Waals surface area contributed by atoms with Crippen LogP contribution >= 0.6 is 22.9 Å². The number of amides is 1. The zero-order valence-electron chi connectivity index (χ0n) is 15.5. The Kier molecular flexibility index (Phi) is 5.20. The molecule has 2 heterocycles. The van der Waals surface area contributed by atoms with E-state index in [0.29, 0.717) is 27.4 Å². The molecule has 0 saturated heterocycles. The molecule has 1 amide bonds. The minimum Gasteiger partial charge on any atom is -0.436 e. The molecule has 0 bridgehead atoms. The molecule has 2 aromatic heterocycles. The van der Waals surface area contributed by atoms with Gasteiger partial charge in [0, 0.05) is 5.56 Å². The summed E-state index contributed by atoms with van der Waals surface area (Å²) in [7, 11) is 0. The van der Waals surface area contributed by atoms with Gasteiger partial charge in [-0.25, -0.2) is 4.98 Å². The first-order valence-corrected chi connectivity index (χ1v) is 10.4. The standard InChI is InChI=1S/C22H19ClN2O2S/c1-3-13(2)14-7-9-19-18(11-14)25-22(27-19)15-6-8-16(23)17(12-15)24-21(26)20-5-4-10-28-20/h4-13H,3H2,1-2H3,(H,24,26)/t13-/m0/s1. The number of oxazole rings is 1. The first-order chi connectivity index (χ1) is 13.5. The van der Waals surface area contributed by atoms with Crippen molar-refractivity contribution >= 4 is 45.6 Å². The van der Waals surface area contributed by atoms with Gasteiger partial charge in [-0.05, 0) is 59.7 Å². The van der Waals surface area contributed by atoms with Crippen LogP contribution in [0.1, 0.15) is 41.4 Å². The van der Waals surface area contributed by atoms with Crippen molar-refractivity contribution in [1.82, 2.24) is 4.98 Å². The normalized spacial score (nSPS) is 12.2. The van der Waals surface area contributed by atoms with Gasteiger partial charge in [-0.3, -0.25) is 4.79 Å². The van der Waals surface area contributed by atoms with Crippen LogP contribution in [0.5, 0.6) is 0 Å². The number of hydrogen-bond acceptors (Lipinski definition) is 4. The first kappa shape index (κ1) is 18.7. The number of carbonyl (C=O) groups is 1. The van der Waals surface area contributed by atoms with E-state index in [2.05, 4.69) is 36.3 Å². The molecule has 28 heavy (non-hydrogen) atoms. The number of nitrogens with zero attached hydrogens (tertiary/aromatic N) is 1. The van der Waals surface area contributed by atoms with E-state index in [9.17, 15) is 4.79 Å². The summed E-state index contributed by atoms with van der Waals surface area (Å²) in [5, 5.41) is 5.18. The Bertz CT molecular complexity index is 1130. The van der Waals surface area contributed by atoms with Gasteiger partial charge < -0.3 is 9.73 Å². The molecule has 0 saturated carbocycles. The third-order valence-electron chi connectivity index (χ3n) is 4.80. The van der Waals surface area contributed by atoms with Gasteiger partial charge in [0.1, 0.15) is 5.52 Å². The monoisotopic (exact) mass is 410 g/mol. The number of fused-ring (bicyclic) bond motifs is 1. The van der Waals surface area contributed by atoms with Gasteiger partial charge >= 0.3 is 0 Å². The highest BCUT2D eigenvalue weighted by molar-refractivity contribution is 7.12. The third-order valence-corrected chi connectivity index (χ3v) is 6.00. The summed E-state index contributed by atoms with van der Waals surface area (Å²) in [4.78, 5) is 17.6. The molecule has 4 aromatic rings. The second kappa shape index (κ2) is 7.78. The molecule has 0 unspecified atom stereocenters. The van der Waals surface area contributed by atoms with Gasteiger partial charge in [-0.15, -0.1) is 11.3 Å². The molecule has 0 fully saturated rings. The molecular weight excluding hydrogens is 392 g/mol. The summed E-state index contributed by atoms with van der Waals surface area (Å²) >= 11 is 7.66. The molecule has 142 valence electrons. The molecule has 0 radical (unpaired) electrons. The third kappa shape index (κ3) is 3.68. The van der Waals surface area contributed by atoms with Gasteiger partial charge in [0.15, 0.2) is 5.58 Å². The lowest BCUT2D eigenvalue weighted by molar-refractivity contribution is 0.103. The van der Waals surface area contributed by atoms with Crippen molar-refractivity contribution in [1.29, 1.82) is 0 Å². The average molecular weight is 411 g/mol. The largest absolute Gasteiger partial charge is 0.436 e. The van der Waals surface area contributed by atoms with Crippen LogP contribution in [0.25, 0.3) is 22.6 Å². The maximum Gasteiger partial charge on any atom is 0.265 e. The van der Waals surface area contributed by atoms with Crippen LogP contribution < -0.4 is 5.32 Å². The molecule has 0 aliphatic heterocycles. The fourth-order valence-electron chi connectivity index (χ4n) is 2.96. The lowest BCUT2D eigenvalue weighted by Gasteiger charge is -2.07. The highest BCUT2D eigenvalue weighted by Gasteiger charge is 2.14. The summed E-state index contributed by atoms with van der Waals surface area (Å²) in [6, 6.07) is 15.1. The van der Waals surface area contributed by atoms with Crippen molar-refractivity contribution in [3.63, 3.8) is 0 Å². The Morgan fingerprint density at radius 3 is 2.86 bits per heavy atom. The maximum absolute atomic E-state index is 12.3. The second-order valence-electron chi connectivity index (χ2n) is 6.68. The number of nitrogens with one attached hydrogen (secondary N) is 1. The SMILES string of the molecule is CC[C@H](C)c1ccc2oc(-c3ccc(Cl)c(NC(=O)c4cccs4)c3)nc2c1. The van der Waals surface area contributed by atoms with Crippen molar-refractivity contribution < 1.29 is 9.21 Å². The van der Waals surface area contributed by atoms with Crippen molar-refractivity contribution in [3.05, 3.63) is 69.4 Å². The van der Waals surface area contributed by atoms with E-state index in [0.717, 1.165) is 23.1 Å². The van der Waals surface area contributed by atoms with E-state index in [4.69, 9.17) is 16.0 Å². The number of rotatable bonds is 5. The maximum atomic E-state index is 12.3. The van der Waals surface area contributed by atoms with Gasteiger partial charge in [0.25, 0.3) is 5.91 Å². The number of carbonyl (C=O) groups excluding carboxylic acids is 1. The first-order valence-electron chi connectivity index (χ1n) is 9.10. The van der Waals surface area contributed by atoms with Crippen molar-refractivity contribution in [3.8, 4) is 11.5 Å². The predicted octanol–water partition coefficient (Wildman–Crippen LogP) is 6.98. The second-order valence-corrected chi connectivity index (χ2v) is 8.04. The molecular formula is C22H19ClN2O2S. The molecule has 1 atom stereocenters. The zero-order valence-corrected chi connectivity index (χ0v) is 17.1. The number of benzene rings is 2. The molecule has 4 rings (SSSR count). The number of thiophene rings is 1. The Hall–Kier alpha value is -2.63. The Morgan fingerprint density at radius 1 is 1.25 bits per heavy atom. The van der Waals surface area contributed by atoms with Gasteiger partial charge in [0.2, 0.25) is 5.89 Å². The summed E-state index contributed by atoms with van der Waals surface area (Å²) in [5.41, 5.74) is 4.09. The van der Waals surface area contributed by atoms with Crippen molar-refractivity contribution in [2.24, 2.45) is 0 Å². The molecule has 6 heteroatoms. The van der Waals surface area contributed by atoms with Crippen LogP contribution in [0.4, 0.5) is 5.69 Å². The van der Waals surface area contributed by atoms with Crippen LogP contribution in [0.3, 0.4) is 0 Å². The van der Waals surface area contributed by atoms with E-state index in [1.165, 1.54) is 16.9 Å². The molecule has 2 aromatic carbocycles. The van der Waals surface area contributed by atoms with Crippen molar-refractivity contribution in [2.45, 2.75) is 26.2 Å². The minimum atomic E-state index is -0.190. The molecule has 0 aliphatic rings. The van der Waals surface area contributed by atoms with Crippen LogP contribution in [-0.4, -0.2) is 10.9 Å². The minimum absolute atomic E-state index is 0.190. The molecule has 1 N–H and O–H groups in total. The Labute approximate surface area is 172 Å². The van der Waals surface area contributed by atoms with Crippen LogP contribution in [0.2, 0.25) is 5.02 Å². The summed E-state index contributed by atoms with van der Waals surface area (Å²) in [6.07, 6.45) is 1.07. The zero-order chi connectivity index (χ0) is 19.7. The van der Waals surface area contributed by atoms with Gasteiger partial charge in [-0.2, -0.15) is 0 Å². The van der Waals surface area contributed by atoms with E-state index >= 15 is 0 Å². The van der Waals surface area contributed by atoms with Gasteiger partial charge in [-0.1, -0.05) is 37.6 Å². The summed E-state index contributed by atoms with van der Waals surface area (Å²) in [6.45, 7) is 4.37. The van der Waals surface area contributed by atoms with Crippen LogP contribution in [-0.2, 0) is 0 Å². The average Bonchev–Trinajstić information content (AvgIpc) is 3.38. The van der Waals surface area contributed by atoms with Crippen molar-refractivity contribution in [2.75, 3.05) is 5.32 Å². The van der Waals surface area contributed by atoms with E-state index < -0.39 is 0 Å². The number of halogens is 1. The highest BCUT2D eigenvalue weighted by atomic mass is 35.5. The van der Waals surface area contributed by atoms with E-state index in [-0.39, 0.29) is 5.91 Å². The lowest BCUT2D eigenvalue weighted by Crippen LogP contribution is -2.10. The predicted molar refractivity (Wildman–Crippen MR) is 115 cm³/mol. The van der Waals surface area contributed by atoms with Crippen LogP contribution in [0.15, 0.2) is 58.3 Å². The highest BCUT2D eigenvalue weighted by Crippen LogP contribution is 2.32. The van der Waals surface area contributed by atoms with Crippen LogP contribution in [0, 0.1) is 0 Å². The van der Waals surface area contributed by atoms with Gasteiger partial charge in [0.05, 0.1) is 15.6 Å². The number of hydrogen-bond donors (Lipinski definition) is 1. The van der Waals surface area contributed by atoms with E-state index in [1.54, 1.807) is 18.2 Å². The topological polar surface area (TPSA) is 55.1 Å². The Balaban J connectivity index is 1.66. The fourth-order valence-corrected chi connectivity index (χ4v) is 3.74. The molecule has 0 spiro atoms.